The van der Waals surface area contributed by atoms with Gasteiger partial charge in [0.25, 0.3) is 5.91 Å². The van der Waals surface area contributed by atoms with E-state index in [4.69, 9.17) is 4.42 Å². The van der Waals surface area contributed by atoms with Crippen LogP contribution >= 0.6 is 0 Å². The van der Waals surface area contributed by atoms with E-state index in [0.717, 1.165) is 32.5 Å². The number of nitrogens with zero attached hydrogens (tertiary/aromatic N) is 2. The number of amides is 1. The van der Waals surface area contributed by atoms with E-state index in [1.807, 2.05) is 4.90 Å². The predicted octanol–water partition coefficient (Wildman–Crippen LogP) is 1.20. The molecule has 1 aromatic rings. The van der Waals surface area contributed by atoms with Crippen LogP contribution in [0.4, 0.5) is 0 Å². The van der Waals surface area contributed by atoms with Gasteiger partial charge in [-0.1, -0.05) is 6.92 Å². The Balaban J connectivity index is 2.15. The van der Waals surface area contributed by atoms with Gasteiger partial charge in [-0.25, -0.2) is 4.98 Å². The first-order valence-electron chi connectivity index (χ1n) is 6.15. The molecule has 2 heterocycles. The Morgan fingerprint density at radius 1 is 1.71 bits per heavy atom. The van der Waals surface area contributed by atoms with Gasteiger partial charge in [-0.3, -0.25) is 4.79 Å². The number of oxazole rings is 1. The zero-order chi connectivity index (χ0) is 12.3. The first-order valence-corrected chi connectivity index (χ1v) is 6.15. The molecule has 5 heteroatoms. The zero-order valence-electron chi connectivity index (χ0n) is 10.4. The average Bonchev–Trinajstić information content (AvgIpc) is 2.95. The summed E-state index contributed by atoms with van der Waals surface area (Å²) < 4.78 is 5.19. The van der Waals surface area contributed by atoms with Gasteiger partial charge in [0.15, 0.2) is 6.39 Å². The van der Waals surface area contributed by atoms with E-state index in [0.29, 0.717) is 11.5 Å². The van der Waals surface area contributed by atoms with E-state index >= 15 is 0 Å². The van der Waals surface area contributed by atoms with Crippen LogP contribution in [0, 0.1) is 6.92 Å². The largest absolute Gasteiger partial charge is 0.438 e. The third-order valence-electron chi connectivity index (χ3n) is 3.14. The molecule has 1 saturated heterocycles. The molecule has 2 rings (SSSR count). The SMILES string of the molecule is CCCN(C(=O)c1ocnc1C)C1CCNC1. The quantitative estimate of drug-likeness (QED) is 0.854. The van der Waals surface area contributed by atoms with Crippen LogP contribution in [0.5, 0.6) is 0 Å². The number of nitrogens with one attached hydrogen (secondary N) is 1. The molecule has 1 atom stereocenters. The molecule has 17 heavy (non-hydrogen) atoms. The maximum atomic E-state index is 12.4. The minimum absolute atomic E-state index is 0.0319. The van der Waals surface area contributed by atoms with Crippen LogP contribution < -0.4 is 5.32 Å². The summed E-state index contributed by atoms with van der Waals surface area (Å²) in [5.74, 6) is 0.348. The fraction of sp³-hybridized carbons (Fsp3) is 0.667. The van der Waals surface area contributed by atoms with Crippen molar-refractivity contribution in [1.29, 1.82) is 0 Å². The molecule has 0 spiro atoms. The van der Waals surface area contributed by atoms with Gasteiger partial charge in [0, 0.05) is 19.1 Å². The molecule has 0 aliphatic carbocycles. The lowest BCUT2D eigenvalue weighted by Crippen LogP contribution is -2.42. The molecule has 5 nitrogen and oxygen atoms in total. The van der Waals surface area contributed by atoms with Gasteiger partial charge in [0.1, 0.15) is 0 Å². The van der Waals surface area contributed by atoms with Crippen molar-refractivity contribution in [2.45, 2.75) is 32.7 Å². The molecule has 1 fully saturated rings. The summed E-state index contributed by atoms with van der Waals surface area (Å²) >= 11 is 0. The fourth-order valence-electron chi connectivity index (χ4n) is 2.23. The Hall–Kier alpha value is -1.36. The number of rotatable bonds is 4. The summed E-state index contributed by atoms with van der Waals surface area (Å²) in [7, 11) is 0. The van der Waals surface area contributed by atoms with Gasteiger partial charge in [-0.15, -0.1) is 0 Å². The smallest absolute Gasteiger partial charge is 0.291 e. The molecule has 1 aliphatic heterocycles. The maximum absolute atomic E-state index is 12.4. The normalized spacial score (nSPS) is 19.5. The molecule has 1 N–H and O–H groups in total. The van der Waals surface area contributed by atoms with Crippen LogP contribution in [-0.2, 0) is 0 Å². The molecular formula is C12H19N3O2. The molecule has 0 bridgehead atoms. The van der Waals surface area contributed by atoms with Crippen molar-refractivity contribution in [3.05, 3.63) is 17.8 Å². The lowest BCUT2D eigenvalue weighted by Gasteiger charge is -2.27. The molecule has 0 saturated carbocycles. The van der Waals surface area contributed by atoms with Crippen LogP contribution in [0.25, 0.3) is 0 Å². The third-order valence-corrected chi connectivity index (χ3v) is 3.14. The molecule has 1 aliphatic rings. The van der Waals surface area contributed by atoms with Gasteiger partial charge in [-0.05, 0) is 26.3 Å². The second kappa shape index (κ2) is 5.31. The number of aryl methyl sites for hydroxylation is 1. The number of hydrogen-bond donors (Lipinski definition) is 1. The second-order valence-electron chi connectivity index (χ2n) is 4.41. The van der Waals surface area contributed by atoms with Gasteiger partial charge >= 0.3 is 0 Å². The monoisotopic (exact) mass is 237 g/mol. The molecule has 1 amide bonds. The van der Waals surface area contributed by atoms with Crippen molar-refractivity contribution >= 4 is 5.91 Å². The highest BCUT2D eigenvalue weighted by Gasteiger charge is 2.29. The Bertz CT molecular complexity index is 383. The van der Waals surface area contributed by atoms with Gasteiger partial charge in [-0.2, -0.15) is 0 Å². The Kier molecular flexibility index (Phi) is 3.78. The molecule has 0 radical (unpaired) electrons. The molecule has 94 valence electrons. The topological polar surface area (TPSA) is 58.4 Å². The zero-order valence-corrected chi connectivity index (χ0v) is 10.4. The van der Waals surface area contributed by atoms with Crippen LogP contribution in [0.3, 0.4) is 0 Å². The van der Waals surface area contributed by atoms with Crippen LogP contribution in [0.15, 0.2) is 10.8 Å². The van der Waals surface area contributed by atoms with Crippen LogP contribution in [0.2, 0.25) is 0 Å². The van der Waals surface area contributed by atoms with Gasteiger partial charge in [0.2, 0.25) is 5.76 Å². The van der Waals surface area contributed by atoms with E-state index in [9.17, 15) is 4.79 Å². The van der Waals surface area contributed by atoms with E-state index in [1.165, 1.54) is 6.39 Å². The second-order valence-corrected chi connectivity index (χ2v) is 4.41. The van der Waals surface area contributed by atoms with Crippen molar-refractivity contribution < 1.29 is 9.21 Å². The maximum Gasteiger partial charge on any atom is 0.291 e. The average molecular weight is 237 g/mol. The van der Waals surface area contributed by atoms with E-state index < -0.39 is 0 Å². The first kappa shape index (κ1) is 12.1. The summed E-state index contributed by atoms with van der Waals surface area (Å²) in [6.45, 7) is 6.50. The standard InChI is InChI=1S/C12H19N3O2/c1-3-6-15(10-4-5-13-7-10)12(16)11-9(2)14-8-17-11/h8,10,13H,3-7H2,1-2H3. The van der Waals surface area contributed by atoms with Crippen molar-refractivity contribution in [3.8, 4) is 0 Å². The number of carbonyl (C=O) groups excluding carboxylic acids is 1. The van der Waals surface area contributed by atoms with Gasteiger partial charge in [0.05, 0.1) is 5.69 Å². The number of aromatic nitrogens is 1. The summed E-state index contributed by atoms with van der Waals surface area (Å²) in [6.07, 6.45) is 3.30. The highest BCUT2D eigenvalue weighted by Crippen LogP contribution is 2.15. The van der Waals surface area contributed by atoms with Gasteiger partial charge < -0.3 is 14.6 Å². The lowest BCUT2D eigenvalue weighted by molar-refractivity contribution is 0.0658. The van der Waals surface area contributed by atoms with Crippen LogP contribution in [-0.4, -0.2) is 41.5 Å². The number of hydrogen-bond acceptors (Lipinski definition) is 4. The Labute approximate surface area is 101 Å². The molecule has 1 unspecified atom stereocenters. The van der Waals surface area contributed by atoms with Crippen molar-refractivity contribution in [2.24, 2.45) is 0 Å². The molecule has 0 aromatic carbocycles. The van der Waals surface area contributed by atoms with Crippen LogP contribution in [0.1, 0.15) is 36.0 Å². The van der Waals surface area contributed by atoms with Crippen molar-refractivity contribution in [3.63, 3.8) is 0 Å². The number of carbonyl (C=O) groups is 1. The van der Waals surface area contributed by atoms with E-state index in [-0.39, 0.29) is 11.9 Å². The van der Waals surface area contributed by atoms with Crippen molar-refractivity contribution in [1.82, 2.24) is 15.2 Å². The van der Waals surface area contributed by atoms with Crippen molar-refractivity contribution in [2.75, 3.05) is 19.6 Å². The fourth-order valence-corrected chi connectivity index (χ4v) is 2.23. The lowest BCUT2D eigenvalue weighted by atomic mass is 10.2. The third kappa shape index (κ3) is 2.49. The molecule has 1 aromatic heterocycles. The summed E-state index contributed by atoms with van der Waals surface area (Å²) in [5.41, 5.74) is 0.669. The highest BCUT2D eigenvalue weighted by molar-refractivity contribution is 5.92. The summed E-state index contributed by atoms with van der Waals surface area (Å²) in [6, 6.07) is 0.284. The van der Waals surface area contributed by atoms with E-state index in [2.05, 4.69) is 17.2 Å². The Morgan fingerprint density at radius 3 is 3.06 bits per heavy atom. The Morgan fingerprint density at radius 2 is 2.53 bits per heavy atom. The predicted molar refractivity (Wildman–Crippen MR) is 63.8 cm³/mol. The minimum Gasteiger partial charge on any atom is -0.438 e. The molecular weight excluding hydrogens is 218 g/mol. The highest BCUT2D eigenvalue weighted by atomic mass is 16.3. The minimum atomic E-state index is -0.0319. The van der Waals surface area contributed by atoms with E-state index in [1.54, 1.807) is 6.92 Å². The first-order chi connectivity index (χ1) is 8.24. The summed E-state index contributed by atoms with van der Waals surface area (Å²) in [4.78, 5) is 18.3. The summed E-state index contributed by atoms with van der Waals surface area (Å²) in [5, 5.41) is 3.29.